The lowest BCUT2D eigenvalue weighted by Gasteiger charge is -2.19. The van der Waals surface area contributed by atoms with E-state index in [4.69, 9.17) is 9.72 Å². The highest BCUT2D eigenvalue weighted by atomic mass is 32.1. The van der Waals surface area contributed by atoms with Gasteiger partial charge in [0.1, 0.15) is 10.6 Å². The van der Waals surface area contributed by atoms with Crippen LogP contribution < -0.4 is 5.32 Å². The molecular weight excluding hydrogens is 220 g/mol. The van der Waals surface area contributed by atoms with Crippen LogP contribution in [0.3, 0.4) is 0 Å². The Morgan fingerprint density at radius 2 is 2.50 bits per heavy atom. The summed E-state index contributed by atoms with van der Waals surface area (Å²) in [6.45, 7) is 3.96. The van der Waals surface area contributed by atoms with Crippen LogP contribution in [-0.4, -0.2) is 17.6 Å². The molecule has 3 nitrogen and oxygen atoms in total. The van der Waals surface area contributed by atoms with Gasteiger partial charge in [-0.1, -0.05) is 0 Å². The second kappa shape index (κ2) is 4.09. The lowest BCUT2D eigenvalue weighted by molar-refractivity contribution is 0.0165. The van der Waals surface area contributed by atoms with E-state index in [1.165, 1.54) is 18.5 Å². The van der Waals surface area contributed by atoms with Crippen LogP contribution in [0.5, 0.6) is 0 Å². The van der Waals surface area contributed by atoms with Crippen LogP contribution in [0.15, 0.2) is 5.38 Å². The Morgan fingerprint density at radius 1 is 1.62 bits per heavy atom. The van der Waals surface area contributed by atoms with Gasteiger partial charge >= 0.3 is 0 Å². The zero-order chi connectivity index (χ0) is 11.0. The molecule has 3 rings (SSSR count). The minimum absolute atomic E-state index is 0.109. The van der Waals surface area contributed by atoms with Crippen molar-refractivity contribution >= 4 is 11.3 Å². The number of hydrogen-bond donors (Lipinski definition) is 1. The van der Waals surface area contributed by atoms with Gasteiger partial charge in [-0.15, -0.1) is 11.3 Å². The third-order valence-electron chi connectivity index (χ3n) is 3.37. The average Bonchev–Trinajstić information content (AvgIpc) is 2.79. The van der Waals surface area contributed by atoms with Crippen molar-refractivity contribution in [2.75, 3.05) is 6.61 Å². The van der Waals surface area contributed by atoms with Crippen LogP contribution in [0.4, 0.5) is 0 Å². The summed E-state index contributed by atoms with van der Waals surface area (Å²) in [6, 6.07) is 0.753. The van der Waals surface area contributed by atoms with Gasteiger partial charge in [-0.3, -0.25) is 0 Å². The van der Waals surface area contributed by atoms with Gasteiger partial charge in [0.05, 0.1) is 5.69 Å². The molecule has 1 aliphatic carbocycles. The Balaban J connectivity index is 1.66. The molecular formula is C12H18N2OS. The van der Waals surface area contributed by atoms with Gasteiger partial charge in [-0.05, 0) is 32.6 Å². The molecule has 0 aromatic carbocycles. The molecule has 0 amide bonds. The first kappa shape index (κ1) is 10.7. The van der Waals surface area contributed by atoms with Crippen molar-refractivity contribution < 1.29 is 4.74 Å². The standard InChI is InChI=1S/C12H18N2OS/c1-12(5-2-6-15-12)11-14-10(8-16-11)7-13-9-3-4-9/h8-9,13H,2-7H2,1H3. The van der Waals surface area contributed by atoms with Gasteiger partial charge in [0, 0.05) is 24.6 Å². The van der Waals surface area contributed by atoms with Crippen LogP contribution in [-0.2, 0) is 16.9 Å². The van der Waals surface area contributed by atoms with Crippen LogP contribution in [0, 0.1) is 0 Å². The predicted molar refractivity (Wildman–Crippen MR) is 64.5 cm³/mol. The molecule has 2 heterocycles. The normalized spacial score (nSPS) is 29.8. The van der Waals surface area contributed by atoms with Crippen molar-refractivity contribution in [2.24, 2.45) is 0 Å². The molecule has 0 radical (unpaired) electrons. The largest absolute Gasteiger partial charge is 0.368 e. The summed E-state index contributed by atoms with van der Waals surface area (Å²) in [5.74, 6) is 0. The SMILES string of the molecule is CC1(c2nc(CNC3CC3)cs2)CCCO1. The highest BCUT2D eigenvalue weighted by Gasteiger charge is 2.34. The van der Waals surface area contributed by atoms with Crippen molar-refractivity contribution in [2.45, 2.75) is 50.8 Å². The van der Waals surface area contributed by atoms with E-state index in [1.54, 1.807) is 11.3 Å². The molecule has 1 aromatic heterocycles. The highest BCUT2D eigenvalue weighted by Crippen LogP contribution is 2.37. The van der Waals surface area contributed by atoms with E-state index in [2.05, 4.69) is 17.6 Å². The molecule has 1 saturated heterocycles. The van der Waals surface area contributed by atoms with Crippen molar-refractivity contribution in [3.8, 4) is 0 Å². The number of thiazole rings is 1. The number of hydrogen-bond acceptors (Lipinski definition) is 4. The maximum absolute atomic E-state index is 5.81. The van der Waals surface area contributed by atoms with Crippen molar-refractivity contribution in [1.82, 2.24) is 10.3 Å². The molecule has 2 aliphatic rings. The summed E-state index contributed by atoms with van der Waals surface area (Å²) in [6.07, 6.45) is 4.93. The smallest absolute Gasteiger partial charge is 0.125 e. The van der Waals surface area contributed by atoms with E-state index in [-0.39, 0.29) is 5.60 Å². The zero-order valence-corrected chi connectivity index (χ0v) is 10.5. The summed E-state index contributed by atoms with van der Waals surface area (Å²) < 4.78 is 5.81. The third-order valence-corrected chi connectivity index (χ3v) is 4.51. The molecule has 0 spiro atoms. The summed E-state index contributed by atoms with van der Waals surface area (Å²) in [7, 11) is 0. The third kappa shape index (κ3) is 2.14. The number of nitrogens with zero attached hydrogens (tertiary/aromatic N) is 1. The fraction of sp³-hybridized carbons (Fsp3) is 0.750. The van der Waals surface area contributed by atoms with E-state index < -0.39 is 0 Å². The molecule has 0 bridgehead atoms. The first-order valence-electron chi connectivity index (χ1n) is 6.08. The van der Waals surface area contributed by atoms with Crippen molar-refractivity contribution in [3.05, 3.63) is 16.1 Å². The Labute approximate surface area is 100 Å². The first-order valence-corrected chi connectivity index (χ1v) is 6.96. The summed E-state index contributed by atoms with van der Waals surface area (Å²) >= 11 is 1.74. The second-order valence-electron chi connectivity index (χ2n) is 4.98. The van der Waals surface area contributed by atoms with E-state index in [9.17, 15) is 0 Å². The molecule has 4 heteroatoms. The lowest BCUT2D eigenvalue weighted by atomic mass is 10.0. The quantitative estimate of drug-likeness (QED) is 0.874. The Hall–Kier alpha value is -0.450. The van der Waals surface area contributed by atoms with Gasteiger partial charge in [0.25, 0.3) is 0 Å². The minimum Gasteiger partial charge on any atom is -0.368 e. The zero-order valence-electron chi connectivity index (χ0n) is 9.66. The van der Waals surface area contributed by atoms with Gasteiger partial charge in [0.2, 0.25) is 0 Å². The second-order valence-corrected chi connectivity index (χ2v) is 5.84. The molecule has 1 N–H and O–H groups in total. The number of rotatable bonds is 4. The lowest BCUT2D eigenvalue weighted by Crippen LogP contribution is -2.20. The van der Waals surface area contributed by atoms with Gasteiger partial charge in [-0.2, -0.15) is 0 Å². The average molecular weight is 238 g/mol. The molecule has 1 saturated carbocycles. The van der Waals surface area contributed by atoms with Crippen LogP contribution >= 0.6 is 11.3 Å². The van der Waals surface area contributed by atoms with Crippen LogP contribution in [0.2, 0.25) is 0 Å². The van der Waals surface area contributed by atoms with Gasteiger partial charge < -0.3 is 10.1 Å². The monoisotopic (exact) mass is 238 g/mol. The summed E-state index contributed by atoms with van der Waals surface area (Å²) in [5.41, 5.74) is 1.06. The Bertz CT molecular complexity index is 367. The molecule has 2 fully saturated rings. The summed E-state index contributed by atoms with van der Waals surface area (Å²) in [5, 5.41) is 6.81. The molecule has 16 heavy (non-hydrogen) atoms. The van der Waals surface area contributed by atoms with Gasteiger partial charge in [-0.25, -0.2) is 4.98 Å². The fourth-order valence-electron chi connectivity index (χ4n) is 2.12. The minimum atomic E-state index is -0.109. The maximum Gasteiger partial charge on any atom is 0.125 e. The molecule has 1 atom stereocenters. The van der Waals surface area contributed by atoms with E-state index in [1.807, 2.05) is 0 Å². The van der Waals surface area contributed by atoms with Gasteiger partial charge in [0.15, 0.2) is 0 Å². The topological polar surface area (TPSA) is 34.2 Å². The molecule has 1 unspecified atom stereocenters. The maximum atomic E-state index is 5.81. The van der Waals surface area contributed by atoms with E-state index in [0.717, 1.165) is 37.0 Å². The van der Waals surface area contributed by atoms with Crippen LogP contribution in [0.25, 0.3) is 0 Å². The van der Waals surface area contributed by atoms with Crippen molar-refractivity contribution in [1.29, 1.82) is 0 Å². The van der Waals surface area contributed by atoms with E-state index >= 15 is 0 Å². The first-order chi connectivity index (χ1) is 7.76. The van der Waals surface area contributed by atoms with Crippen LogP contribution in [0.1, 0.15) is 43.3 Å². The number of aromatic nitrogens is 1. The number of nitrogens with one attached hydrogen (secondary N) is 1. The molecule has 88 valence electrons. The number of ether oxygens (including phenoxy) is 1. The van der Waals surface area contributed by atoms with Crippen molar-refractivity contribution in [3.63, 3.8) is 0 Å². The molecule has 1 aromatic rings. The Morgan fingerprint density at radius 3 is 3.19 bits per heavy atom. The molecule has 1 aliphatic heterocycles. The van der Waals surface area contributed by atoms with E-state index in [0.29, 0.717) is 0 Å². The predicted octanol–water partition coefficient (Wildman–Crippen LogP) is 2.42. The highest BCUT2D eigenvalue weighted by molar-refractivity contribution is 7.09. The summed E-state index contributed by atoms with van der Waals surface area (Å²) in [4.78, 5) is 4.69. The Kier molecular flexibility index (Phi) is 2.73. The fourth-order valence-corrected chi connectivity index (χ4v) is 3.08.